The molecule has 0 unspecified atom stereocenters. The lowest BCUT2D eigenvalue weighted by Gasteiger charge is -2.16. The van der Waals surface area contributed by atoms with Crippen molar-refractivity contribution >= 4 is 17.5 Å². The van der Waals surface area contributed by atoms with Crippen LogP contribution < -0.4 is 14.8 Å². The van der Waals surface area contributed by atoms with E-state index in [0.717, 1.165) is 11.1 Å². The van der Waals surface area contributed by atoms with Gasteiger partial charge in [0.05, 0.1) is 17.7 Å². The lowest BCUT2D eigenvalue weighted by Crippen LogP contribution is -2.26. The minimum absolute atomic E-state index is 0.0990. The third-order valence-electron chi connectivity index (χ3n) is 4.49. The second-order valence-electron chi connectivity index (χ2n) is 6.58. The first kappa shape index (κ1) is 20.7. The van der Waals surface area contributed by atoms with Gasteiger partial charge in [-0.15, -0.1) is 0 Å². The number of nitrogens with one attached hydrogen (secondary N) is 1. The maximum absolute atomic E-state index is 12.8. The van der Waals surface area contributed by atoms with E-state index in [4.69, 9.17) is 21.1 Å². The van der Waals surface area contributed by atoms with Gasteiger partial charge in [-0.2, -0.15) is 0 Å². The van der Waals surface area contributed by atoms with Crippen LogP contribution in [0.5, 0.6) is 11.5 Å². The lowest BCUT2D eigenvalue weighted by molar-refractivity contribution is 0.0939. The van der Waals surface area contributed by atoms with Gasteiger partial charge in [0.15, 0.2) is 0 Å². The minimum Gasteiger partial charge on any atom is -0.493 e. The summed E-state index contributed by atoms with van der Waals surface area (Å²) in [6.07, 6.45) is 0. The van der Waals surface area contributed by atoms with Crippen LogP contribution in [-0.2, 0) is 6.61 Å². The normalized spacial score (nSPS) is 11.6. The zero-order valence-electron chi connectivity index (χ0n) is 16.5. The summed E-state index contributed by atoms with van der Waals surface area (Å²) in [5, 5.41) is 3.57. The van der Waals surface area contributed by atoms with E-state index in [0.29, 0.717) is 28.7 Å². The predicted molar refractivity (Wildman–Crippen MR) is 116 cm³/mol. The molecular weight excluding hydrogens is 386 g/mol. The fourth-order valence-electron chi connectivity index (χ4n) is 2.95. The van der Waals surface area contributed by atoms with E-state index in [1.165, 1.54) is 0 Å². The van der Waals surface area contributed by atoms with Gasteiger partial charge in [-0.1, -0.05) is 54.1 Å². The molecule has 150 valence electrons. The van der Waals surface area contributed by atoms with Crippen molar-refractivity contribution in [3.05, 3.63) is 94.5 Å². The quantitative estimate of drug-likeness (QED) is 0.510. The second kappa shape index (κ2) is 9.99. The molecule has 0 spiro atoms. The van der Waals surface area contributed by atoms with Gasteiger partial charge in [0.1, 0.15) is 18.1 Å². The molecule has 29 heavy (non-hydrogen) atoms. The number of benzene rings is 3. The average molecular weight is 410 g/mol. The van der Waals surface area contributed by atoms with Crippen LogP contribution in [0.25, 0.3) is 0 Å². The highest BCUT2D eigenvalue weighted by molar-refractivity contribution is 6.32. The maximum atomic E-state index is 12.8. The van der Waals surface area contributed by atoms with E-state index in [1.54, 1.807) is 30.3 Å². The van der Waals surface area contributed by atoms with E-state index in [-0.39, 0.29) is 18.6 Å². The molecule has 1 amide bonds. The highest BCUT2D eigenvalue weighted by Gasteiger charge is 2.14. The molecule has 3 rings (SSSR count). The van der Waals surface area contributed by atoms with Crippen LogP contribution in [-0.4, -0.2) is 12.5 Å². The highest BCUT2D eigenvalue weighted by Crippen LogP contribution is 2.27. The minimum atomic E-state index is -0.150. The number of hydrogen-bond donors (Lipinski definition) is 1. The van der Waals surface area contributed by atoms with Crippen molar-refractivity contribution in [1.82, 2.24) is 5.32 Å². The average Bonchev–Trinajstić information content (AvgIpc) is 2.74. The van der Waals surface area contributed by atoms with Crippen LogP contribution in [0.4, 0.5) is 0 Å². The molecule has 0 fully saturated rings. The molecule has 5 heteroatoms. The summed E-state index contributed by atoms with van der Waals surface area (Å²) in [5.74, 6) is 1.12. The Morgan fingerprint density at radius 3 is 2.41 bits per heavy atom. The Bertz CT molecular complexity index is 959. The molecule has 0 saturated carbocycles. The van der Waals surface area contributed by atoms with Crippen LogP contribution in [0, 0.1) is 0 Å². The monoisotopic (exact) mass is 409 g/mol. The molecule has 0 bridgehead atoms. The van der Waals surface area contributed by atoms with E-state index in [1.807, 2.05) is 56.3 Å². The van der Waals surface area contributed by atoms with Crippen LogP contribution in [0.15, 0.2) is 72.8 Å². The third kappa shape index (κ3) is 5.52. The van der Waals surface area contributed by atoms with Crippen molar-refractivity contribution in [3.63, 3.8) is 0 Å². The maximum Gasteiger partial charge on any atom is 0.251 e. The third-order valence-corrected chi connectivity index (χ3v) is 4.80. The highest BCUT2D eigenvalue weighted by atomic mass is 35.5. The first-order valence-corrected chi connectivity index (χ1v) is 9.95. The van der Waals surface area contributed by atoms with Gasteiger partial charge < -0.3 is 14.8 Å². The Morgan fingerprint density at radius 2 is 1.69 bits per heavy atom. The molecule has 0 radical (unpaired) electrons. The Labute approximate surface area is 176 Å². The summed E-state index contributed by atoms with van der Waals surface area (Å²) in [4.78, 5) is 12.8. The first-order chi connectivity index (χ1) is 14.1. The molecule has 3 aromatic rings. The van der Waals surface area contributed by atoms with E-state index in [2.05, 4.69) is 5.32 Å². The van der Waals surface area contributed by atoms with Crippen LogP contribution >= 0.6 is 11.6 Å². The van der Waals surface area contributed by atoms with Crippen LogP contribution in [0.2, 0.25) is 5.02 Å². The number of rotatable bonds is 8. The number of carbonyl (C=O) groups is 1. The Hall–Kier alpha value is -2.98. The van der Waals surface area contributed by atoms with Gasteiger partial charge >= 0.3 is 0 Å². The molecule has 0 saturated heterocycles. The summed E-state index contributed by atoms with van der Waals surface area (Å²) in [5.41, 5.74) is 2.38. The second-order valence-corrected chi connectivity index (χ2v) is 6.99. The fraction of sp³-hybridized carbons (Fsp3) is 0.208. The Morgan fingerprint density at radius 1 is 0.966 bits per heavy atom. The number of para-hydroxylation sites is 1. The van der Waals surface area contributed by atoms with Crippen molar-refractivity contribution < 1.29 is 14.3 Å². The largest absolute Gasteiger partial charge is 0.493 e. The van der Waals surface area contributed by atoms with Crippen molar-refractivity contribution in [2.24, 2.45) is 0 Å². The summed E-state index contributed by atoms with van der Waals surface area (Å²) in [7, 11) is 0. The number of hydrogen-bond acceptors (Lipinski definition) is 3. The summed E-state index contributed by atoms with van der Waals surface area (Å²) >= 11 is 6.17. The summed E-state index contributed by atoms with van der Waals surface area (Å²) in [6.45, 7) is 4.65. The molecule has 1 N–H and O–H groups in total. The molecule has 1 atom stereocenters. The van der Waals surface area contributed by atoms with E-state index >= 15 is 0 Å². The zero-order valence-corrected chi connectivity index (χ0v) is 17.3. The molecule has 4 nitrogen and oxygen atoms in total. The summed E-state index contributed by atoms with van der Waals surface area (Å²) in [6, 6.07) is 22.4. The van der Waals surface area contributed by atoms with Gasteiger partial charge in [-0.05, 0) is 49.7 Å². The molecule has 0 aliphatic carbocycles. The van der Waals surface area contributed by atoms with Gasteiger partial charge in [0, 0.05) is 11.1 Å². The number of halogens is 1. The van der Waals surface area contributed by atoms with Gasteiger partial charge in [0.25, 0.3) is 5.91 Å². The molecule has 0 aromatic heterocycles. The van der Waals surface area contributed by atoms with Gasteiger partial charge in [-0.25, -0.2) is 0 Å². The number of carbonyl (C=O) groups excluding carboxylic acids is 1. The van der Waals surface area contributed by atoms with Crippen molar-refractivity contribution in [3.8, 4) is 11.5 Å². The molecule has 0 heterocycles. The fourth-order valence-corrected chi connectivity index (χ4v) is 3.14. The molecule has 0 aliphatic heterocycles. The Balaban J connectivity index is 1.76. The lowest BCUT2D eigenvalue weighted by atomic mass is 10.1. The zero-order chi connectivity index (χ0) is 20.6. The molecule has 0 aliphatic rings. The van der Waals surface area contributed by atoms with Crippen molar-refractivity contribution in [2.45, 2.75) is 26.5 Å². The molecular formula is C24H24ClNO3. The topological polar surface area (TPSA) is 47.6 Å². The van der Waals surface area contributed by atoms with E-state index in [9.17, 15) is 4.79 Å². The van der Waals surface area contributed by atoms with Gasteiger partial charge in [0.2, 0.25) is 0 Å². The number of ether oxygens (including phenoxy) is 2. The summed E-state index contributed by atoms with van der Waals surface area (Å²) < 4.78 is 11.5. The van der Waals surface area contributed by atoms with Crippen molar-refractivity contribution in [2.75, 3.05) is 6.61 Å². The van der Waals surface area contributed by atoms with Crippen LogP contribution in [0.3, 0.4) is 0 Å². The molecule has 3 aromatic carbocycles. The Kier molecular flexibility index (Phi) is 7.14. The van der Waals surface area contributed by atoms with Crippen molar-refractivity contribution in [1.29, 1.82) is 0 Å². The predicted octanol–water partition coefficient (Wildman–Crippen LogP) is 5.81. The first-order valence-electron chi connectivity index (χ1n) is 9.57. The van der Waals surface area contributed by atoms with E-state index < -0.39 is 0 Å². The SMILES string of the molecule is CCOc1ccc(C(=O)N[C@@H](C)c2ccccc2)cc1COc1ccccc1Cl. The van der Waals surface area contributed by atoms with Crippen LogP contribution in [0.1, 0.15) is 41.4 Å². The number of amides is 1. The smallest absolute Gasteiger partial charge is 0.251 e. The standard InChI is InChI=1S/C24H24ClNO3/c1-3-28-22-14-13-19(24(27)26-17(2)18-9-5-4-6-10-18)15-20(22)16-29-23-12-8-7-11-21(23)25/h4-15,17H,3,16H2,1-2H3,(H,26,27)/t17-/m0/s1. The van der Waals surface area contributed by atoms with Gasteiger partial charge in [-0.3, -0.25) is 4.79 Å².